The van der Waals surface area contributed by atoms with Crippen LogP contribution in [0.1, 0.15) is 12.0 Å². The first-order valence-corrected chi connectivity index (χ1v) is 9.02. The minimum absolute atomic E-state index is 0.0399. The number of aromatic nitrogens is 4. The summed E-state index contributed by atoms with van der Waals surface area (Å²) in [5.41, 5.74) is 2.77. The topological polar surface area (TPSA) is 72.7 Å². The van der Waals surface area contributed by atoms with Gasteiger partial charge < -0.3 is 5.32 Å². The van der Waals surface area contributed by atoms with Gasteiger partial charge in [-0.25, -0.2) is 0 Å². The Labute approximate surface area is 154 Å². The highest BCUT2D eigenvalue weighted by Gasteiger charge is 2.10. The van der Waals surface area contributed by atoms with Gasteiger partial charge in [0, 0.05) is 22.9 Å². The number of halogens is 1. The maximum absolute atomic E-state index is 12.0. The number of nitrogens with one attached hydrogen (secondary N) is 1. The molecule has 0 atom stereocenters. The Morgan fingerprint density at radius 1 is 1.16 bits per heavy atom. The van der Waals surface area contributed by atoms with Gasteiger partial charge in [0.25, 0.3) is 0 Å². The minimum Gasteiger partial charge on any atom is -0.326 e. The van der Waals surface area contributed by atoms with E-state index in [-0.39, 0.29) is 5.91 Å². The zero-order valence-electron chi connectivity index (χ0n) is 13.5. The van der Waals surface area contributed by atoms with E-state index in [1.807, 2.05) is 43.3 Å². The van der Waals surface area contributed by atoms with Gasteiger partial charge in [0.05, 0.1) is 5.69 Å². The number of aryl methyl sites for hydroxylation is 1. The summed E-state index contributed by atoms with van der Waals surface area (Å²) in [5, 5.41) is 15.8. The Morgan fingerprint density at radius 3 is 2.60 bits per heavy atom. The summed E-state index contributed by atoms with van der Waals surface area (Å²) in [4.78, 5) is 12.0. The first-order chi connectivity index (χ1) is 12.1. The van der Waals surface area contributed by atoms with Crippen molar-refractivity contribution in [2.24, 2.45) is 0 Å². The molecule has 0 saturated carbocycles. The smallest absolute Gasteiger partial charge is 0.225 e. The molecule has 128 valence electrons. The highest BCUT2D eigenvalue weighted by atomic mass is 35.5. The molecule has 0 aliphatic rings. The van der Waals surface area contributed by atoms with Crippen LogP contribution in [0, 0.1) is 6.92 Å². The normalized spacial score (nSPS) is 10.6. The van der Waals surface area contributed by atoms with Gasteiger partial charge in [0.15, 0.2) is 0 Å². The fourth-order valence-corrected chi connectivity index (χ4v) is 3.06. The molecular formula is C17H16ClN5OS. The maximum atomic E-state index is 12.0. The van der Waals surface area contributed by atoms with Crippen molar-refractivity contribution in [3.63, 3.8) is 0 Å². The molecule has 25 heavy (non-hydrogen) atoms. The van der Waals surface area contributed by atoms with Crippen molar-refractivity contribution < 1.29 is 4.79 Å². The number of hydrogen-bond acceptors (Lipinski definition) is 5. The SMILES string of the molecule is Cc1ccc(NC(=O)CCSc2nnnn2-c2ccc(Cl)cc2)cc1. The molecule has 0 radical (unpaired) electrons. The molecule has 3 aromatic rings. The Balaban J connectivity index is 1.54. The third-order valence-electron chi connectivity index (χ3n) is 3.41. The van der Waals surface area contributed by atoms with E-state index in [2.05, 4.69) is 20.8 Å². The standard InChI is InChI=1S/C17H16ClN5OS/c1-12-2-6-14(7-3-12)19-16(24)10-11-25-17-20-21-22-23(17)15-8-4-13(18)5-9-15/h2-9H,10-11H2,1H3,(H,19,24). The van der Waals surface area contributed by atoms with Crippen molar-refractivity contribution in [2.75, 3.05) is 11.1 Å². The van der Waals surface area contributed by atoms with Crippen LogP contribution >= 0.6 is 23.4 Å². The van der Waals surface area contributed by atoms with Crippen molar-refractivity contribution in [3.05, 3.63) is 59.1 Å². The monoisotopic (exact) mass is 373 g/mol. The highest BCUT2D eigenvalue weighted by Crippen LogP contribution is 2.20. The Bertz CT molecular complexity index is 848. The summed E-state index contributed by atoms with van der Waals surface area (Å²) in [6, 6.07) is 14.9. The van der Waals surface area contributed by atoms with E-state index in [9.17, 15) is 4.79 Å². The number of amides is 1. The number of carbonyl (C=O) groups excluding carboxylic acids is 1. The molecule has 6 nitrogen and oxygen atoms in total. The molecule has 1 N–H and O–H groups in total. The van der Waals surface area contributed by atoms with Gasteiger partial charge in [-0.1, -0.05) is 41.1 Å². The van der Waals surface area contributed by atoms with E-state index in [0.717, 1.165) is 16.9 Å². The van der Waals surface area contributed by atoms with Crippen molar-refractivity contribution >= 4 is 35.0 Å². The molecule has 1 aromatic heterocycles. The second-order valence-electron chi connectivity index (χ2n) is 5.36. The molecule has 8 heteroatoms. The van der Waals surface area contributed by atoms with Crippen LogP contribution in [-0.2, 0) is 4.79 Å². The van der Waals surface area contributed by atoms with E-state index in [0.29, 0.717) is 22.4 Å². The molecule has 0 saturated heterocycles. The van der Waals surface area contributed by atoms with Crippen LogP contribution in [0.3, 0.4) is 0 Å². The Hall–Kier alpha value is -2.38. The number of anilines is 1. The van der Waals surface area contributed by atoms with Gasteiger partial charge in [-0.3, -0.25) is 4.79 Å². The van der Waals surface area contributed by atoms with Gasteiger partial charge in [-0.15, -0.1) is 5.10 Å². The first kappa shape index (κ1) is 17.4. The quantitative estimate of drug-likeness (QED) is 0.666. The summed E-state index contributed by atoms with van der Waals surface area (Å²) < 4.78 is 1.62. The maximum Gasteiger partial charge on any atom is 0.225 e. The second-order valence-corrected chi connectivity index (χ2v) is 6.86. The lowest BCUT2D eigenvalue weighted by molar-refractivity contribution is -0.115. The summed E-state index contributed by atoms with van der Waals surface area (Å²) in [6.45, 7) is 2.01. The number of thioether (sulfide) groups is 1. The predicted molar refractivity (Wildman–Crippen MR) is 99.3 cm³/mol. The van der Waals surface area contributed by atoms with Crippen molar-refractivity contribution in [1.82, 2.24) is 20.2 Å². The van der Waals surface area contributed by atoms with Crippen LogP contribution in [0.2, 0.25) is 5.02 Å². The molecule has 0 fully saturated rings. The van der Waals surface area contributed by atoms with Crippen LogP contribution in [0.15, 0.2) is 53.7 Å². The molecule has 0 spiro atoms. The van der Waals surface area contributed by atoms with Crippen molar-refractivity contribution in [2.45, 2.75) is 18.5 Å². The Kier molecular flexibility index (Phi) is 5.67. The predicted octanol–water partition coefficient (Wildman–Crippen LogP) is 3.75. The third kappa shape index (κ3) is 4.80. The summed E-state index contributed by atoms with van der Waals surface area (Å²) in [7, 11) is 0. The number of hydrogen-bond donors (Lipinski definition) is 1. The van der Waals surface area contributed by atoms with Gasteiger partial charge in [0.2, 0.25) is 11.1 Å². The molecule has 0 bridgehead atoms. The first-order valence-electron chi connectivity index (χ1n) is 7.65. The molecule has 1 amide bonds. The number of nitrogens with zero attached hydrogens (tertiary/aromatic N) is 4. The average Bonchev–Trinajstić information content (AvgIpc) is 3.06. The van der Waals surface area contributed by atoms with E-state index in [1.54, 1.807) is 16.8 Å². The summed E-state index contributed by atoms with van der Waals surface area (Å²) in [6.07, 6.45) is 0.367. The van der Waals surface area contributed by atoms with Crippen molar-refractivity contribution in [1.29, 1.82) is 0 Å². The van der Waals surface area contributed by atoms with Crippen molar-refractivity contribution in [3.8, 4) is 5.69 Å². The summed E-state index contributed by atoms with van der Waals surface area (Å²) >= 11 is 7.32. The summed E-state index contributed by atoms with van der Waals surface area (Å²) in [5.74, 6) is 0.535. The fraction of sp³-hybridized carbons (Fsp3) is 0.176. The molecule has 0 aliphatic heterocycles. The van der Waals surface area contributed by atoms with Gasteiger partial charge >= 0.3 is 0 Å². The fourth-order valence-electron chi connectivity index (χ4n) is 2.11. The van der Waals surface area contributed by atoms with Crippen LogP contribution < -0.4 is 5.32 Å². The zero-order chi connectivity index (χ0) is 17.6. The minimum atomic E-state index is -0.0399. The van der Waals surface area contributed by atoms with E-state index >= 15 is 0 Å². The number of rotatable bonds is 6. The second kappa shape index (κ2) is 8.13. The molecule has 0 aliphatic carbocycles. The molecule has 2 aromatic carbocycles. The van der Waals surface area contributed by atoms with E-state index in [4.69, 9.17) is 11.6 Å². The molecule has 1 heterocycles. The number of carbonyl (C=O) groups is 1. The highest BCUT2D eigenvalue weighted by molar-refractivity contribution is 7.99. The average molecular weight is 374 g/mol. The lowest BCUT2D eigenvalue weighted by Crippen LogP contribution is -2.12. The van der Waals surface area contributed by atoms with Gasteiger partial charge in [0.1, 0.15) is 0 Å². The lowest BCUT2D eigenvalue weighted by Gasteiger charge is -2.06. The lowest BCUT2D eigenvalue weighted by atomic mass is 10.2. The molecular weight excluding hydrogens is 358 g/mol. The van der Waals surface area contributed by atoms with Gasteiger partial charge in [-0.05, 0) is 53.7 Å². The van der Waals surface area contributed by atoms with Crippen LogP contribution in [-0.4, -0.2) is 31.9 Å². The largest absolute Gasteiger partial charge is 0.326 e. The van der Waals surface area contributed by atoms with Crippen LogP contribution in [0.4, 0.5) is 5.69 Å². The van der Waals surface area contributed by atoms with E-state index in [1.165, 1.54) is 11.8 Å². The molecule has 3 rings (SSSR count). The Morgan fingerprint density at radius 2 is 1.88 bits per heavy atom. The third-order valence-corrected chi connectivity index (χ3v) is 4.58. The van der Waals surface area contributed by atoms with Gasteiger partial charge in [-0.2, -0.15) is 4.68 Å². The van der Waals surface area contributed by atoms with E-state index < -0.39 is 0 Å². The number of tetrazole rings is 1. The van der Waals surface area contributed by atoms with Crippen LogP contribution in [0.5, 0.6) is 0 Å². The number of benzene rings is 2. The zero-order valence-corrected chi connectivity index (χ0v) is 15.1. The molecule has 0 unspecified atom stereocenters. The van der Waals surface area contributed by atoms with Crippen LogP contribution in [0.25, 0.3) is 5.69 Å².